The van der Waals surface area contributed by atoms with Gasteiger partial charge >= 0.3 is 5.97 Å². The van der Waals surface area contributed by atoms with Crippen LogP contribution >= 0.6 is 0 Å². The van der Waals surface area contributed by atoms with Crippen LogP contribution < -0.4 is 0 Å². The molecule has 0 saturated carbocycles. The number of carbonyl (C=O) groups excluding carboxylic acids is 1. The molecule has 0 amide bonds. The van der Waals surface area contributed by atoms with Crippen molar-refractivity contribution in [3.05, 3.63) is 0 Å². The van der Waals surface area contributed by atoms with Gasteiger partial charge in [0.05, 0.1) is 0 Å². The number of unbranched alkanes of at least 4 members (excludes halogenated alkanes) is 3. The molecule has 12 heavy (non-hydrogen) atoms. The Labute approximate surface area is 74.8 Å². The maximum Gasteiger partial charge on any atom is 0.319 e. The number of carbonyl (C=O) groups is 1. The highest BCUT2D eigenvalue weighted by atomic mass is 32.2. The molecule has 0 saturated heterocycles. The van der Waals surface area contributed by atoms with Gasteiger partial charge in [0.15, 0.2) is 0 Å². The first-order chi connectivity index (χ1) is 5.66. The van der Waals surface area contributed by atoms with Crippen LogP contribution in [0.25, 0.3) is 0 Å². The minimum Gasteiger partial charge on any atom is -0.740 e. The second kappa shape index (κ2) is 7.24. The molecule has 1 atom stereocenters. The van der Waals surface area contributed by atoms with Gasteiger partial charge in [-0.15, -0.1) is 0 Å². The van der Waals surface area contributed by atoms with Crippen LogP contribution in [0.15, 0.2) is 0 Å². The highest BCUT2D eigenvalue weighted by Crippen LogP contribution is 2.03. The molecule has 0 radical (unpaired) electrons. The summed E-state index contributed by atoms with van der Waals surface area (Å²) >= 11 is -2.70. The average molecular weight is 193 g/mol. The number of rotatable bonds is 6. The minimum atomic E-state index is -2.70. The topological polar surface area (TPSA) is 66.4 Å². The van der Waals surface area contributed by atoms with Crippen LogP contribution in [0, 0.1) is 0 Å². The van der Waals surface area contributed by atoms with Gasteiger partial charge in [-0.1, -0.05) is 26.2 Å². The highest BCUT2D eigenvalue weighted by Gasteiger charge is 2.01. The SMILES string of the molecule is CCCCCCC(=O)OS(=O)[O-]. The molecule has 5 heteroatoms. The van der Waals surface area contributed by atoms with E-state index in [1.54, 1.807) is 0 Å². The predicted octanol–water partition coefficient (Wildman–Crippen LogP) is 1.29. The molecule has 0 rings (SSSR count). The highest BCUT2D eigenvalue weighted by molar-refractivity contribution is 7.74. The lowest BCUT2D eigenvalue weighted by Crippen LogP contribution is -2.05. The van der Waals surface area contributed by atoms with Crippen molar-refractivity contribution in [1.82, 2.24) is 0 Å². The summed E-state index contributed by atoms with van der Waals surface area (Å²) < 4.78 is 23.6. The van der Waals surface area contributed by atoms with Gasteiger partial charge in [0, 0.05) is 6.42 Å². The van der Waals surface area contributed by atoms with E-state index in [2.05, 4.69) is 11.1 Å². The summed E-state index contributed by atoms with van der Waals surface area (Å²) in [6, 6.07) is 0. The Morgan fingerprint density at radius 3 is 2.58 bits per heavy atom. The van der Waals surface area contributed by atoms with Crippen LogP contribution in [0.3, 0.4) is 0 Å². The van der Waals surface area contributed by atoms with E-state index in [1.807, 2.05) is 0 Å². The lowest BCUT2D eigenvalue weighted by Gasteiger charge is -2.04. The summed E-state index contributed by atoms with van der Waals surface area (Å²) in [5.41, 5.74) is 0. The minimum absolute atomic E-state index is 0.188. The van der Waals surface area contributed by atoms with Crippen molar-refractivity contribution in [2.45, 2.75) is 39.0 Å². The molecule has 0 aromatic heterocycles. The zero-order valence-electron chi connectivity index (χ0n) is 7.08. The monoisotopic (exact) mass is 193 g/mol. The van der Waals surface area contributed by atoms with E-state index < -0.39 is 17.3 Å². The molecule has 0 aromatic carbocycles. The molecule has 0 heterocycles. The van der Waals surface area contributed by atoms with E-state index in [-0.39, 0.29) is 6.42 Å². The van der Waals surface area contributed by atoms with Crippen LogP contribution in [0.4, 0.5) is 0 Å². The molecule has 0 aliphatic carbocycles. The Balaban J connectivity index is 3.26. The molecule has 0 N–H and O–H groups in total. The largest absolute Gasteiger partial charge is 0.740 e. The van der Waals surface area contributed by atoms with Crippen LogP contribution in [-0.4, -0.2) is 14.7 Å². The van der Waals surface area contributed by atoms with Gasteiger partial charge in [-0.25, -0.2) is 4.21 Å². The van der Waals surface area contributed by atoms with Crippen LogP contribution in [-0.2, 0) is 20.3 Å². The van der Waals surface area contributed by atoms with Crippen molar-refractivity contribution < 1.29 is 17.7 Å². The van der Waals surface area contributed by atoms with Crippen molar-refractivity contribution in [3.8, 4) is 0 Å². The van der Waals surface area contributed by atoms with E-state index in [4.69, 9.17) is 0 Å². The first-order valence-corrected chi connectivity index (χ1v) is 4.97. The molecule has 0 spiro atoms. The van der Waals surface area contributed by atoms with Crippen molar-refractivity contribution in [1.29, 1.82) is 0 Å². The molecule has 0 bridgehead atoms. The number of hydrogen-bond donors (Lipinski definition) is 0. The lowest BCUT2D eigenvalue weighted by atomic mass is 10.2. The Kier molecular flexibility index (Phi) is 6.99. The Morgan fingerprint density at radius 2 is 2.08 bits per heavy atom. The third-order valence-corrected chi connectivity index (χ3v) is 1.72. The second-order valence-corrected chi connectivity index (χ2v) is 3.05. The maximum absolute atomic E-state index is 10.6. The fraction of sp³-hybridized carbons (Fsp3) is 0.857. The summed E-state index contributed by atoms with van der Waals surface area (Å²) in [6.45, 7) is 2.06. The third-order valence-electron chi connectivity index (χ3n) is 1.40. The van der Waals surface area contributed by atoms with Gasteiger partial charge in [-0.2, -0.15) is 0 Å². The fourth-order valence-electron chi connectivity index (χ4n) is 0.814. The van der Waals surface area contributed by atoms with Gasteiger partial charge < -0.3 is 8.74 Å². The maximum atomic E-state index is 10.6. The van der Waals surface area contributed by atoms with Gasteiger partial charge in [0.25, 0.3) is 0 Å². The second-order valence-electron chi connectivity index (χ2n) is 2.47. The predicted molar refractivity (Wildman–Crippen MR) is 43.8 cm³/mol. The zero-order chi connectivity index (χ0) is 9.40. The molecule has 0 aromatic rings. The molecule has 1 unspecified atom stereocenters. The van der Waals surface area contributed by atoms with Crippen LogP contribution in [0.1, 0.15) is 39.0 Å². The summed E-state index contributed by atoms with van der Waals surface area (Å²) in [4.78, 5) is 10.6. The summed E-state index contributed by atoms with van der Waals surface area (Å²) in [5, 5.41) is 0. The molecule has 0 fully saturated rings. The van der Waals surface area contributed by atoms with E-state index in [1.165, 1.54) is 0 Å². The van der Waals surface area contributed by atoms with Gasteiger partial charge in [-0.3, -0.25) is 4.79 Å². The van der Waals surface area contributed by atoms with E-state index in [9.17, 15) is 13.6 Å². The zero-order valence-corrected chi connectivity index (χ0v) is 7.89. The van der Waals surface area contributed by atoms with Crippen molar-refractivity contribution >= 4 is 17.3 Å². The van der Waals surface area contributed by atoms with E-state index in [0.29, 0.717) is 6.42 Å². The fourth-order valence-corrected chi connectivity index (χ4v) is 1.05. The Hall–Kier alpha value is -0.420. The normalized spacial score (nSPS) is 12.5. The lowest BCUT2D eigenvalue weighted by molar-refractivity contribution is -0.134. The van der Waals surface area contributed by atoms with Crippen LogP contribution in [0.2, 0.25) is 0 Å². The smallest absolute Gasteiger partial charge is 0.319 e. The molecular weight excluding hydrogens is 180 g/mol. The van der Waals surface area contributed by atoms with Crippen molar-refractivity contribution in [3.63, 3.8) is 0 Å². The summed E-state index contributed by atoms with van der Waals surface area (Å²) in [7, 11) is 0. The van der Waals surface area contributed by atoms with Crippen molar-refractivity contribution in [2.24, 2.45) is 0 Å². The van der Waals surface area contributed by atoms with Crippen LogP contribution in [0.5, 0.6) is 0 Å². The summed E-state index contributed by atoms with van der Waals surface area (Å²) in [5.74, 6) is -0.667. The average Bonchev–Trinajstić information content (AvgIpc) is 1.97. The summed E-state index contributed by atoms with van der Waals surface area (Å²) in [6.07, 6.45) is 3.98. The van der Waals surface area contributed by atoms with Gasteiger partial charge in [0.2, 0.25) is 0 Å². The van der Waals surface area contributed by atoms with Crippen molar-refractivity contribution in [2.75, 3.05) is 0 Å². The van der Waals surface area contributed by atoms with Gasteiger partial charge in [-0.05, 0) is 6.42 Å². The van der Waals surface area contributed by atoms with E-state index >= 15 is 0 Å². The standard InChI is InChI=1S/C7H14O4S/c1-2-3-4-5-6-7(8)11-12(9)10/h2-6H2,1H3,(H,9,10)/p-1. The first-order valence-electron chi connectivity index (χ1n) is 3.97. The molecule has 4 nitrogen and oxygen atoms in total. The molecule has 0 aliphatic heterocycles. The number of hydrogen-bond acceptors (Lipinski definition) is 4. The van der Waals surface area contributed by atoms with Gasteiger partial charge in [0.1, 0.15) is 11.4 Å². The molecule has 72 valence electrons. The molecular formula is C7H13O4S-. The van der Waals surface area contributed by atoms with E-state index in [0.717, 1.165) is 19.3 Å². The molecule has 0 aliphatic rings. The third kappa shape index (κ3) is 7.68. The Morgan fingerprint density at radius 1 is 1.42 bits per heavy atom. The first kappa shape index (κ1) is 11.6. The Bertz CT molecular complexity index is 157. The quantitative estimate of drug-likeness (QED) is 0.471.